The number of halogens is 1. The van der Waals surface area contributed by atoms with E-state index in [1.807, 2.05) is 25.1 Å². The van der Waals surface area contributed by atoms with E-state index in [1.165, 1.54) is 7.11 Å². The van der Waals surface area contributed by atoms with Crippen LogP contribution in [-0.2, 0) is 4.74 Å². The van der Waals surface area contributed by atoms with Crippen LogP contribution in [-0.4, -0.2) is 37.5 Å². The Morgan fingerprint density at radius 3 is 2.89 bits per heavy atom. The van der Waals surface area contributed by atoms with Gasteiger partial charge in [0, 0.05) is 23.8 Å². The van der Waals surface area contributed by atoms with E-state index in [-0.39, 0.29) is 12.6 Å². The van der Waals surface area contributed by atoms with Gasteiger partial charge in [0.05, 0.1) is 12.7 Å². The summed E-state index contributed by atoms with van der Waals surface area (Å²) in [5.41, 5.74) is 1.78. The van der Waals surface area contributed by atoms with E-state index < -0.39 is 6.10 Å². The molecule has 2 amide bonds. The van der Waals surface area contributed by atoms with Crippen molar-refractivity contribution in [3.05, 3.63) is 28.2 Å². The van der Waals surface area contributed by atoms with Gasteiger partial charge in [-0.3, -0.25) is 0 Å². The molecule has 0 aliphatic carbocycles. The lowest BCUT2D eigenvalue weighted by Gasteiger charge is -2.11. The zero-order valence-corrected chi connectivity index (χ0v) is 12.7. The third kappa shape index (κ3) is 6.04. The normalized spacial score (nSPS) is 12.0. The zero-order chi connectivity index (χ0) is 14.3. The van der Waals surface area contributed by atoms with Crippen LogP contribution in [0.4, 0.5) is 10.5 Å². The number of carbonyl (C=O) groups excluding carboxylic acids is 1. The minimum atomic E-state index is -0.555. The van der Waals surface area contributed by atoms with Gasteiger partial charge in [-0.1, -0.05) is 15.9 Å². The van der Waals surface area contributed by atoms with Crippen molar-refractivity contribution in [2.75, 3.05) is 25.6 Å². The number of aliphatic hydroxyl groups is 1. The SMILES string of the molecule is COCC(O)CCNC(=O)Nc1ccc(Br)c(C)c1. The van der Waals surface area contributed by atoms with Crippen LogP contribution in [0.25, 0.3) is 0 Å². The Morgan fingerprint density at radius 2 is 2.26 bits per heavy atom. The quantitative estimate of drug-likeness (QED) is 0.749. The number of methoxy groups -OCH3 is 1. The Bertz CT molecular complexity index is 426. The summed E-state index contributed by atoms with van der Waals surface area (Å²) in [5.74, 6) is 0. The number of ether oxygens (including phenoxy) is 1. The fourth-order valence-electron chi connectivity index (χ4n) is 1.53. The Hall–Kier alpha value is -1.11. The van der Waals surface area contributed by atoms with Gasteiger partial charge in [0.25, 0.3) is 0 Å². The molecule has 1 unspecified atom stereocenters. The molecule has 0 saturated heterocycles. The molecule has 0 fully saturated rings. The second-order valence-electron chi connectivity index (χ2n) is 4.24. The van der Waals surface area contributed by atoms with E-state index in [1.54, 1.807) is 0 Å². The summed E-state index contributed by atoms with van der Waals surface area (Å²) in [4.78, 5) is 11.6. The maximum atomic E-state index is 11.6. The van der Waals surface area contributed by atoms with Crippen molar-refractivity contribution in [1.29, 1.82) is 0 Å². The predicted octanol–water partition coefficient (Wildman–Crippen LogP) is 2.28. The predicted molar refractivity (Wildman–Crippen MR) is 78.4 cm³/mol. The molecule has 1 atom stereocenters. The Balaban J connectivity index is 2.33. The van der Waals surface area contributed by atoms with Crippen molar-refractivity contribution in [1.82, 2.24) is 5.32 Å². The van der Waals surface area contributed by atoms with E-state index >= 15 is 0 Å². The monoisotopic (exact) mass is 330 g/mol. The molecule has 1 rings (SSSR count). The molecule has 0 heterocycles. The van der Waals surface area contributed by atoms with Crippen LogP contribution < -0.4 is 10.6 Å². The highest BCUT2D eigenvalue weighted by Crippen LogP contribution is 2.19. The van der Waals surface area contributed by atoms with Crippen molar-refractivity contribution in [2.45, 2.75) is 19.4 Å². The van der Waals surface area contributed by atoms with Gasteiger partial charge in [0.15, 0.2) is 0 Å². The van der Waals surface area contributed by atoms with Gasteiger partial charge in [-0.25, -0.2) is 4.79 Å². The number of benzene rings is 1. The molecule has 19 heavy (non-hydrogen) atoms. The van der Waals surface area contributed by atoms with Gasteiger partial charge in [-0.05, 0) is 37.1 Å². The average Bonchev–Trinajstić information content (AvgIpc) is 2.34. The minimum Gasteiger partial charge on any atom is -0.391 e. The average molecular weight is 331 g/mol. The Labute approximate surface area is 121 Å². The summed E-state index contributed by atoms with van der Waals surface area (Å²) in [6.07, 6.45) is -0.0964. The second-order valence-corrected chi connectivity index (χ2v) is 5.10. The van der Waals surface area contributed by atoms with Gasteiger partial charge in [-0.2, -0.15) is 0 Å². The first-order valence-corrected chi connectivity index (χ1v) is 6.80. The molecule has 5 nitrogen and oxygen atoms in total. The van der Waals surface area contributed by atoms with Gasteiger partial charge >= 0.3 is 6.03 Å². The van der Waals surface area contributed by atoms with Crippen molar-refractivity contribution in [3.63, 3.8) is 0 Å². The fraction of sp³-hybridized carbons (Fsp3) is 0.462. The van der Waals surface area contributed by atoms with Gasteiger partial charge < -0.3 is 20.5 Å². The summed E-state index contributed by atoms with van der Waals surface area (Å²) in [6.45, 7) is 2.62. The largest absolute Gasteiger partial charge is 0.391 e. The van der Waals surface area contributed by atoms with Gasteiger partial charge in [-0.15, -0.1) is 0 Å². The number of aryl methyl sites for hydroxylation is 1. The molecule has 0 bridgehead atoms. The second kappa shape index (κ2) is 8.14. The lowest BCUT2D eigenvalue weighted by molar-refractivity contribution is 0.0599. The molecule has 0 aliphatic heterocycles. The highest BCUT2D eigenvalue weighted by Gasteiger charge is 2.06. The van der Waals surface area contributed by atoms with Crippen LogP contribution in [0, 0.1) is 6.92 Å². The molecule has 0 spiro atoms. The Morgan fingerprint density at radius 1 is 1.53 bits per heavy atom. The number of aliphatic hydroxyl groups excluding tert-OH is 1. The Kier molecular flexibility index (Phi) is 6.83. The van der Waals surface area contributed by atoms with Crippen LogP contribution in [0.2, 0.25) is 0 Å². The first kappa shape index (κ1) is 15.9. The first-order valence-electron chi connectivity index (χ1n) is 6.01. The molecule has 1 aromatic carbocycles. The maximum absolute atomic E-state index is 11.6. The molecule has 0 aromatic heterocycles. The molecular formula is C13H19BrN2O3. The first-order chi connectivity index (χ1) is 9.02. The number of hydrogen-bond acceptors (Lipinski definition) is 3. The standard InChI is InChI=1S/C13H19BrN2O3/c1-9-7-10(3-4-12(9)14)16-13(18)15-6-5-11(17)8-19-2/h3-4,7,11,17H,5-6,8H2,1-2H3,(H2,15,16,18). The van der Waals surface area contributed by atoms with E-state index in [2.05, 4.69) is 26.6 Å². The van der Waals surface area contributed by atoms with Crippen LogP contribution in [0.1, 0.15) is 12.0 Å². The third-order valence-corrected chi connectivity index (χ3v) is 3.43. The number of hydrogen-bond donors (Lipinski definition) is 3. The van der Waals surface area contributed by atoms with Crippen molar-refractivity contribution in [2.24, 2.45) is 0 Å². The van der Waals surface area contributed by atoms with E-state index in [4.69, 9.17) is 4.74 Å². The van der Waals surface area contributed by atoms with Gasteiger partial charge in [0.2, 0.25) is 0 Å². The highest BCUT2D eigenvalue weighted by atomic mass is 79.9. The van der Waals surface area contributed by atoms with Crippen molar-refractivity contribution < 1.29 is 14.6 Å². The number of rotatable bonds is 6. The van der Waals surface area contributed by atoms with Gasteiger partial charge in [0.1, 0.15) is 0 Å². The number of anilines is 1. The molecule has 0 radical (unpaired) electrons. The molecule has 3 N–H and O–H groups in total. The van der Waals surface area contributed by atoms with Crippen LogP contribution in [0.15, 0.2) is 22.7 Å². The van der Waals surface area contributed by atoms with E-state index in [0.29, 0.717) is 13.0 Å². The fourth-order valence-corrected chi connectivity index (χ4v) is 1.77. The van der Waals surface area contributed by atoms with E-state index in [9.17, 15) is 9.90 Å². The number of nitrogens with one attached hydrogen (secondary N) is 2. The summed E-state index contributed by atoms with van der Waals surface area (Å²) in [5, 5.41) is 14.8. The highest BCUT2D eigenvalue weighted by molar-refractivity contribution is 9.10. The topological polar surface area (TPSA) is 70.6 Å². The number of carbonyl (C=O) groups is 1. The molecule has 106 valence electrons. The zero-order valence-electron chi connectivity index (χ0n) is 11.1. The van der Waals surface area contributed by atoms with Crippen molar-refractivity contribution in [3.8, 4) is 0 Å². The summed E-state index contributed by atoms with van der Waals surface area (Å²) < 4.78 is 5.80. The smallest absolute Gasteiger partial charge is 0.319 e. The molecule has 0 saturated carbocycles. The van der Waals surface area contributed by atoms with Crippen molar-refractivity contribution >= 4 is 27.6 Å². The molecule has 0 aliphatic rings. The van der Waals surface area contributed by atoms with Crippen LogP contribution >= 0.6 is 15.9 Å². The number of amides is 2. The summed E-state index contributed by atoms with van der Waals surface area (Å²) in [7, 11) is 1.53. The third-order valence-electron chi connectivity index (χ3n) is 2.54. The molecule has 1 aromatic rings. The van der Waals surface area contributed by atoms with Crippen LogP contribution in [0.3, 0.4) is 0 Å². The van der Waals surface area contributed by atoms with Crippen LogP contribution in [0.5, 0.6) is 0 Å². The maximum Gasteiger partial charge on any atom is 0.319 e. The number of urea groups is 1. The summed E-state index contributed by atoms with van der Waals surface area (Å²) >= 11 is 3.40. The van der Waals surface area contributed by atoms with E-state index in [0.717, 1.165) is 15.7 Å². The molecule has 6 heteroatoms. The summed E-state index contributed by atoms with van der Waals surface area (Å²) in [6, 6.07) is 5.29. The molecular weight excluding hydrogens is 312 g/mol. The minimum absolute atomic E-state index is 0.273. The lowest BCUT2D eigenvalue weighted by atomic mass is 10.2. The lowest BCUT2D eigenvalue weighted by Crippen LogP contribution is -2.32.